The summed E-state index contributed by atoms with van der Waals surface area (Å²) in [5, 5.41) is 0. The summed E-state index contributed by atoms with van der Waals surface area (Å²) in [4.78, 5) is 0. The second kappa shape index (κ2) is 3.37. The highest BCUT2D eigenvalue weighted by Gasteiger charge is 2.11. The van der Waals surface area contributed by atoms with Crippen LogP contribution in [0.2, 0.25) is 0 Å². The molecule has 0 bridgehead atoms. The monoisotopic (exact) mass is 142 g/mol. The first-order valence-electron chi connectivity index (χ1n) is 3.70. The Balaban J connectivity index is 2.35. The Hall–Kier alpha value is 0.170. The van der Waals surface area contributed by atoms with Gasteiger partial charge in [0.05, 0.1) is 0 Å². The van der Waals surface area contributed by atoms with Crippen LogP contribution in [0, 0.1) is 0 Å². The van der Waals surface area contributed by atoms with Crippen molar-refractivity contribution in [3.8, 4) is 0 Å². The van der Waals surface area contributed by atoms with Crippen LogP contribution in [0.4, 0.5) is 0 Å². The lowest BCUT2D eigenvalue weighted by atomic mass is 10.4. The van der Waals surface area contributed by atoms with E-state index in [0.717, 1.165) is 5.66 Å². The van der Waals surface area contributed by atoms with E-state index in [-0.39, 0.29) is 0 Å². The molecule has 0 radical (unpaired) electrons. The van der Waals surface area contributed by atoms with Crippen molar-refractivity contribution in [2.75, 3.05) is 12.3 Å². The lowest BCUT2D eigenvalue weighted by molar-refractivity contribution is 1.05. The summed E-state index contributed by atoms with van der Waals surface area (Å²) in [6.07, 6.45) is 8.87. The molecule has 0 N–H and O–H groups in total. The van der Waals surface area contributed by atoms with Crippen LogP contribution in [0.15, 0.2) is 12.2 Å². The minimum Gasteiger partial charge on any atom is -0.0999 e. The quantitative estimate of drug-likeness (QED) is 0.390. The van der Waals surface area contributed by atoms with Gasteiger partial charge in [-0.3, -0.25) is 0 Å². The second-order valence-corrected chi connectivity index (χ2v) is 5.87. The normalized spacial score (nSPS) is 27.2. The third-order valence-electron chi connectivity index (χ3n) is 1.82. The van der Waals surface area contributed by atoms with Gasteiger partial charge in [0.15, 0.2) is 0 Å². The van der Waals surface area contributed by atoms with E-state index in [1.807, 2.05) is 0 Å². The average Bonchev–Trinajstić information content (AvgIpc) is 1.90. The van der Waals surface area contributed by atoms with E-state index in [0.29, 0.717) is 7.92 Å². The van der Waals surface area contributed by atoms with Crippen molar-refractivity contribution in [1.29, 1.82) is 0 Å². The summed E-state index contributed by atoms with van der Waals surface area (Å²) >= 11 is 0. The van der Waals surface area contributed by atoms with Gasteiger partial charge in [-0.15, -0.1) is 0 Å². The molecular formula is C8H15P. The van der Waals surface area contributed by atoms with Gasteiger partial charge in [-0.1, -0.05) is 33.9 Å². The summed E-state index contributed by atoms with van der Waals surface area (Å²) in [5.74, 6) is 0. The molecule has 0 aromatic heterocycles. The van der Waals surface area contributed by atoms with Gasteiger partial charge in [0.2, 0.25) is 0 Å². The molecule has 0 aromatic rings. The van der Waals surface area contributed by atoms with Crippen molar-refractivity contribution in [2.24, 2.45) is 0 Å². The first kappa shape index (κ1) is 7.28. The van der Waals surface area contributed by atoms with Crippen LogP contribution in [-0.4, -0.2) is 18.0 Å². The second-order valence-electron chi connectivity index (χ2n) is 2.85. The molecule has 0 saturated carbocycles. The van der Waals surface area contributed by atoms with Crippen LogP contribution in [0.3, 0.4) is 0 Å². The van der Waals surface area contributed by atoms with Gasteiger partial charge < -0.3 is 0 Å². The van der Waals surface area contributed by atoms with E-state index in [4.69, 9.17) is 0 Å². The average molecular weight is 142 g/mol. The molecule has 0 aliphatic carbocycles. The maximum absolute atomic E-state index is 2.36. The number of hydrogen-bond donors (Lipinski definition) is 0. The molecule has 1 unspecified atom stereocenters. The SMILES string of the molecule is CC(C)P1CC=CCC1. The fourth-order valence-corrected chi connectivity index (χ4v) is 3.15. The molecule has 0 fully saturated rings. The molecule has 1 heterocycles. The van der Waals surface area contributed by atoms with Crippen molar-refractivity contribution in [3.05, 3.63) is 12.2 Å². The lowest BCUT2D eigenvalue weighted by Crippen LogP contribution is -2.02. The minimum atomic E-state index is 0.382. The molecule has 0 aromatic carbocycles. The Morgan fingerprint density at radius 3 is 2.44 bits per heavy atom. The smallest absolute Gasteiger partial charge is 0.0142 e. The van der Waals surface area contributed by atoms with Gasteiger partial charge in [0.25, 0.3) is 0 Å². The van der Waals surface area contributed by atoms with Gasteiger partial charge in [-0.25, -0.2) is 0 Å². The molecule has 0 spiro atoms. The number of allylic oxidation sites excluding steroid dienone is 2. The first-order valence-corrected chi connectivity index (χ1v) is 5.48. The van der Waals surface area contributed by atoms with Crippen LogP contribution in [0.25, 0.3) is 0 Å². The third-order valence-corrected chi connectivity index (χ3v) is 4.79. The zero-order chi connectivity index (χ0) is 6.69. The maximum atomic E-state index is 2.36. The third kappa shape index (κ3) is 2.10. The largest absolute Gasteiger partial charge is 0.0999 e. The molecule has 1 rings (SSSR count). The van der Waals surface area contributed by atoms with Crippen LogP contribution < -0.4 is 0 Å². The van der Waals surface area contributed by atoms with E-state index >= 15 is 0 Å². The highest BCUT2D eigenvalue weighted by molar-refractivity contribution is 7.58. The summed E-state index contributed by atoms with van der Waals surface area (Å²) in [6, 6.07) is 0. The first-order chi connectivity index (χ1) is 4.30. The molecule has 9 heavy (non-hydrogen) atoms. The van der Waals surface area contributed by atoms with E-state index < -0.39 is 0 Å². The van der Waals surface area contributed by atoms with Crippen LogP contribution in [0.5, 0.6) is 0 Å². The Kier molecular flexibility index (Phi) is 2.72. The van der Waals surface area contributed by atoms with Crippen LogP contribution in [-0.2, 0) is 0 Å². The molecule has 0 saturated heterocycles. The van der Waals surface area contributed by atoms with Crippen molar-refractivity contribution in [2.45, 2.75) is 25.9 Å². The number of rotatable bonds is 1. The zero-order valence-electron chi connectivity index (χ0n) is 6.30. The fourth-order valence-electron chi connectivity index (χ4n) is 1.13. The summed E-state index contributed by atoms with van der Waals surface area (Å²) in [6.45, 7) is 4.70. The van der Waals surface area contributed by atoms with E-state index in [1.54, 1.807) is 0 Å². The van der Waals surface area contributed by atoms with E-state index in [9.17, 15) is 0 Å². The number of hydrogen-bond acceptors (Lipinski definition) is 0. The van der Waals surface area contributed by atoms with Crippen LogP contribution >= 0.6 is 7.92 Å². The van der Waals surface area contributed by atoms with E-state index in [2.05, 4.69) is 26.0 Å². The van der Waals surface area contributed by atoms with Crippen molar-refractivity contribution in [1.82, 2.24) is 0 Å². The molecule has 1 atom stereocenters. The Morgan fingerprint density at radius 2 is 2.11 bits per heavy atom. The molecule has 0 nitrogen and oxygen atoms in total. The summed E-state index contributed by atoms with van der Waals surface area (Å²) < 4.78 is 0. The summed E-state index contributed by atoms with van der Waals surface area (Å²) in [7, 11) is 0.382. The standard InChI is InChI=1S/C8H15P/c1-8(2)9-6-4-3-5-7-9/h3-4,8H,5-7H2,1-2H3. The molecule has 1 heteroatoms. The maximum Gasteiger partial charge on any atom is -0.0142 e. The van der Waals surface area contributed by atoms with Gasteiger partial charge >= 0.3 is 0 Å². The fraction of sp³-hybridized carbons (Fsp3) is 0.750. The molecule has 1 aliphatic heterocycles. The van der Waals surface area contributed by atoms with Gasteiger partial charge in [-0.05, 0) is 24.4 Å². The Morgan fingerprint density at radius 1 is 1.33 bits per heavy atom. The molecule has 52 valence electrons. The summed E-state index contributed by atoms with van der Waals surface area (Å²) in [5.41, 5.74) is 0.949. The highest BCUT2D eigenvalue weighted by atomic mass is 31.1. The van der Waals surface area contributed by atoms with E-state index in [1.165, 1.54) is 18.7 Å². The zero-order valence-corrected chi connectivity index (χ0v) is 7.20. The molecule has 0 amide bonds. The molecule has 1 aliphatic rings. The highest BCUT2D eigenvalue weighted by Crippen LogP contribution is 2.43. The minimum absolute atomic E-state index is 0.382. The Bertz CT molecular complexity index is 105. The molecular weight excluding hydrogens is 127 g/mol. The van der Waals surface area contributed by atoms with Crippen molar-refractivity contribution < 1.29 is 0 Å². The predicted molar refractivity (Wildman–Crippen MR) is 45.5 cm³/mol. The van der Waals surface area contributed by atoms with Gasteiger partial charge in [-0.2, -0.15) is 0 Å². The lowest BCUT2D eigenvalue weighted by Gasteiger charge is -2.21. The van der Waals surface area contributed by atoms with Gasteiger partial charge in [0, 0.05) is 0 Å². The van der Waals surface area contributed by atoms with Gasteiger partial charge in [0.1, 0.15) is 0 Å². The van der Waals surface area contributed by atoms with Crippen molar-refractivity contribution in [3.63, 3.8) is 0 Å². The topological polar surface area (TPSA) is 0 Å². The Labute approximate surface area is 59.1 Å². The van der Waals surface area contributed by atoms with Crippen molar-refractivity contribution >= 4 is 7.92 Å². The predicted octanol–water partition coefficient (Wildman–Crippen LogP) is 2.84. The van der Waals surface area contributed by atoms with Crippen LogP contribution in [0.1, 0.15) is 20.3 Å².